The standard InChI is InChI=1S/C7H5FO3S/c8-12-4-1-2-5(7(10)11)6(9)3-4/h1-3,9H,(H,10,11). The Morgan fingerprint density at radius 3 is 2.58 bits per heavy atom. The van der Waals surface area contributed by atoms with Crippen LogP contribution in [0.4, 0.5) is 3.89 Å². The molecule has 0 aliphatic rings. The normalized spacial score (nSPS) is 9.75. The van der Waals surface area contributed by atoms with E-state index in [-0.39, 0.29) is 22.6 Å². The molecule has 3 nitrogen and oxygen atoms in total. The fraction of sp³-hybridized carbons (Fsp3) is 0. The van der Waals surface area contributed by atoms with Gasteiger partial charge in [0.15, 0.2) is 0 Å². The highest BCUT2D eigenvalue weighted by molar-refractivity contribution is 7.94. The van der Waals surface area contributed by atoms with Crippen LogP contribution in [-0.4, -0.2) is 16.2 Å². The first-order valence-electron chi connectivity index (χ1n) is 3.00. The van der Waals surface area contributed by atoms with Crippen molar-refractivity contribution in [1.82, 2.24) is 0 Å². The van der Waals surface area contributed by atoms with Gasteiger partial charge in [0.2, 0.25) is 0 Å². The lowest BCUT2D eigenvalue weighted by atomic mass is 10.2. The van der Waals surface area contributed by atoms with Gasteiger partial charge < -0.3 is 10.2 Å². The first kappa shape index (κ1) is 8.86. The number of aromatic carboxylic acids is 1. The molecule has 1 aromatic rings. The zero-order valence-electron chi connectivity index (χ0n) is 5.82. The maximum atomic E-state index is 11.9. The molecule has 0 bridgehead atoms. The average molecular weight is 188 g/mol. The minimum Gasteiger partial charge on any atom is -0.507 e. The van der Waals surface area contributed by atoms with Gasteiger partial charge in [-0.1, -0.05) is 0 Å². The van der Waals surface area contributed by atoms with Gasteiger partial charge in [-0.05, 0) is 18.2 Å². The van der Waals surface area contributed by atoms with Crippen LogP contribution < -0.4 is 0 Å². The van der Waals surface area contributed by atoms with Crippen LogP contribution in [0.2, 0.25) is 0 Å². The van der Waals surface area contributed by atoms with Gasteiger partial charge in [0, 0.05) is 4.90 Å². The summed E-state index contributed by atoms with van der Waals surface area (Å²) in [5.74, 6) is -1.66. The number of benzene rings is 1. The summed E-state index contributed by atoms with van der Waals surface area (Å²) in [6, 6.07) is 3.50. The Balaban J connectivity index is 3.12. The molecule has 0 aliphatic heterocycles. The summed E-state index contributed by atoms with van der Waals surface area (Å²) in [4.78, 5) is 10.5. The lowest BCUT2D eigenvalue weighted by Crippen LogP contribution is -1.95. The topological polar surface area (TPSA) is 57.5 Å². The zero-order chi connectivity index (χ0) is 9.14. The predicted molar refractivity (Wildman–Crippen MR) is 42.0 cm³/mol. The van der Waals surface area contributed by atoms with E-state index in [1.807, 2.05) is 0 Å². The van der Waals surface area contributed by atoms with Crippen LogP contribution >= 0.6 is 12.1 Å². The van der Waals surface area contributed by atoms with Gasteiger partial charge in [0.1, 0.15) is 11.3 Å². The van der Waals surface area contributed by atoms with Gasteiger partial charge >= 0.3 is 5.97 Å². The quantitative estimate of drug-likeness (QED) is 0.745. The highest BCUT2D eigenvalue weighted by Crippen LogP contribution is 2.26. The molecule has 5 heteroatoms. The van der Waals surface area contributed by atoms with Crippen LogP contribution in [-0.2, 0) is 0 Å². The van der Waals surface area contributed by atoms with Crippen LogP contribution in [0, 0.1) is 0 Å². The van der Waals surface area contributed by atoms with Gasteiger partial charge in [-0.3, -0.25) is 0 Å². The van der Waals surface area contributed by atoms with Crippen molar-refractivity contribution in [3.8, 4) is 5.75 Å². The number of halogens is 1. The number of hydrogen-bond donors (Lipinski definition) is 2. The predicted octanol–water partition coefficient (Wildman–Crippen LogP) is 2.07. The van der Waals surface area contributed by atoms with Gasteiger partial charge in [-0.2, -0.15) is 3.89 Å². The maximum absolute atomic E-state index is 11.9. The molecule has 2 N–H and O–H groups in total. The molecule has 0 atom stereocenters. The molecule has 12 heavy (non-hydrogen) atoms. The largest absolute Gasteiger partial charge is 0.507 e. The molecule has 0 saturated heterocycles. The van der Waals surface area contributed by atoms with E-state index in [9.17, 15) is 8.68 Å². The van der Waals surface area contributed by atoms with E-state index in [4.69, 9.17) is 10.2 Å². The van der Waals surface area contributed by atoms with Crippen molar-refractivity contribution in [1.29, 1.82) is 0 Å². The Bertz CT molecular complexity index is 314. The second-order valence-electron chi connectivity index (χ2n) is 2.06. The van der Waals surface area contributed by atoms with E-state index in [0.29, 0.717) is 0 Å². The Morgan fingerprint density at radius 2 is 2.17 bits per heavy atom. The Kier molecular flexibility index (Phi) is 2.54. The summed E-state index contributed by atoms with van der Waals surface area (Å²) in [6.07, 6.45) is 0. The highest BCUT2D eigenvalue weighted by atomic mass is 32.2. The molecule has 0 radical (unpaired) electrons. The summed E-state index contributed by atoms with van der Waals surface area (Å²) in [5.41, 5.74) is -0.229. The lowest BCUT2D eigenvalue weighted by molar-refractivity contribution is 0.0693. The van der Waals surface area contributed by atoms with Crippen molar-refractivity contribution in [2.75, 3.05) is 0 Å². The van der Waals surface area contributed by atoms with Gasteiger partial charge in [-0.15, -0.1) is 0 Å². The molecule has 0 saturated carbocycles. The van der Waals surface area contributed by atoms with Crippen molar-refractivity contribution >= 4 is 18.1 Å². The van der Waals surface area contributed by atoms with Crippen molar-refractivity contribution in [3.63, 3.8) is 0 Å². The summed E-state index contributed by atoms with van der Waals surface area (Å²) < 4.78 is 11.9. The number of carboxylic acid groups (broad SMARTS) is 1. The Hall–Kier alpha value is -1.23. The summed E-state index contributed by atoms with van der Waals surface area (Å²) in [6.45, 7) is 0. The number of phenols is 1. The number of carboxylic acids is 1. The first-order valence-corrected chi connectivity index (χ1v) is 3.71. The second-order valence-corrected chi connectivity index (χ2v) is 2.69. The van der Waals surface area contributed by atoms with E-state index in [1.54, 1.807) is 0 Å². The number of hydrogen-bond acceptors (Lipinski definition) is 3. The van der Waals surface area contributed by atoms with Crippen molar-refractivity contribution < 1.29 is 18.9 Å². The molecule has 0 aliphatic carbocycles. The molecule has 0 heterocycles. The monoisotopic (exact) mass is 188 g/mol. The number of rotatable bonds is 2. The van der Waals surface area contributed by atoms with Crippen molar-refractivity contribution in [2.45, 2.75) is 4.90 Å². The lowest BCUT2D eigenvalue weighted by Gasteiger charge is -1.99. The summed E-state index contributed by atoms with van der Waals surface area (Å²) in [7, 11) is 0. The smallest absolute Gasteiger partial charge is 0.339 e. The van der Waals surface area contributed by atoms with E-state index < -0.39 is 11.7 Å². The molecule has 1 rings (SSSR count). The molecule has 1 aromatic carbocycles. The zero-order valence-corrected chi connectivity index (χ0v) is 6.64. The van der Waals surface area contributed by atoms with Gasteiger partial charge in [0.05, 0.1) is 12.1 Å². The maximum Gasteiger partial charge on any atom is 0.339 e. The van der Waals surface area contributed by atoms with Crippen LogP contribution in [0.5, 0.6) is 5.75 Å². The van der Waals surface area contributed by atoms with E-state index in [0.717, 1.165) is 12.1 Å². The molecule has 0 spiro atoms. The van der Waals surface area contributed by atoms with Crippen molar-refractivity contribution in [3.05, 3.63) is 23.8 Å². The van der Waals surface area contributed by atoms with E-state index in [2.05, 4.69) is 0 Å². The Morgan fingerprint density at radius 1 is 1.50 bits per heavy atom. The molecule has 64 valence electrons. The third kappa shape index (κ3) is 1.68. The van der Waals surface area contributed by atoms with E-state index >= 15 is 0 Å². The molecule has 0 amide bonds. The third-order valence-corrected chi connectivity index (χ3v) is 1.72. The average Bonchev–Trinajstić information content (AvgIpc) is 2.03. The van der Waals surface area contributed by atoms with E-state index in [1.165, 1.54) is 6.07 Å². The first-order chi connectivity index (χ1) is 5.65. The molecule has 0 aromatic heterocycles. The van der Waals surface area contributed by atoms with Crippen LogP contribution in [0.15, 0.2) is 23.1 Å². The summed E-state index contributed by atoms with van der Waals surface area (Å²) in [5, 5.41) is 17.5. The minimum atomic E-state index is -1.23. The second kappa shape index (κ2) is 3.44. The minimum absolute atomic E-state index is 0.0496. The molecular formula is C7H5FO3S. The third-order valence-electron chi connectivity index (χ3n) is 1.29. The number of aromatic hydroxyl groups is 1. The fourth-order valence-electron chi connectivity index (χ4n) is 0.740. The molecule has 0 unspecified atom stereocenters. The fourth-order valence-corrected chi connectivity index (χ4v) is 1.02. The Labute approximate surface area is 72.1 Å². The van der Waals surface area contributed by atoms with Crippen LogP contribution in [0.3, 0.4) is 0 Å². The van der Waals surface area contributed by atoms with Crippen molar-refractivity contribution in [2.24, 2.45) is 0 Å². The number of carbonyl (C=O) groups is 1. The highest BCUT2D eigenvalue weighted by Gasteiger charge is 2.09. The summed E-state index contributed by atoms with van der Waals surface area (Å²) >= 11 is -0.0496. The molecular weight excluding hydrogens is 183 g/mol. The van der Waals surface area contributed by atoms with Gasteiger partial charge in [-0.25, -0.2) is 4.79 Å². The van der Waals surface area contributed by atoms with Crippen LogP contribution in [0.25, 0.3) is 0 Å². The SMILES string of the molecule is O=C(O)c1ccc(SF)cc1O. The molecule has 0 fully saturated rings. The van der Waals surface area contributed by atoms with Gasteiger partial charge in [0.25, 0.3) is 0 Å². The van der Waals surface area contributed by atoms with Crippen LogP contribution in [0.1, 0.15) is 10.4 Å².